The monoisotopic (exact) mass is 651 g/mol. The van der Waals surface area contributed by atoms with Gasteiger partial charge in [0.05, 0.1) is 47.5 Å². The standard InChI is InChI=1S/C38H57N3O6/c1-11-13-15-32(39-29(5)30-20-34(42-6)28(4)35(21-30)43-7)25-41-18-16-40(17-19-41)24-27(3)26-47-33(14-12-2)31-22-36(44-8)38(46-10)37(23-31)45-9/h15,20-23,26,33H,11-14,16-19,24-25H2,1-10H3/b27-26+,32-15-,39-29?. The normalized spacial score (nSPS) is 15.7. The fourth-order valence-electron chi connectivity index (χ4n) is 5.82. The van der Waals surface area contributed by atoms with Crippen LogP contribution in [0.15, 0.2) is 52.9 Å². The van der Waals surface area contributed by atoms with Crippen LogP contribution >= 0.6 is 0 Å². The average molecular weight is 652 g/mol. The Morgan fingerprint density at radius 2 is 1.32 bits per heavy atom. The van der Waals surface area contributed by atoms with Crippen molar-refractivity contribution in [2.45, 2.75) is 66.4 Å². The summed E-state index contributed by atoms with van der Waals surface area (Å²) in [6.07, 6.45) is 8.05. The maximum atomic E-state index is 6.38. The first kappa shape index (κ1) is 37.8. The number of ether oxygens (including phenoxy) is 6. The van der Waals surface area contributed by atoms with Gasteiger partial charge in [0, 0.05) is 56.1 Å². The second-order valence-electron chi connectivity index (χ2n) is 12.1. The molecule has 2 aromatic carbocycles. The van der Waals surface area contributed by atoms with Crippen molar-refractivity contribution in [3.63, 3.8) is 0 Å². The molecule has 1 unspecified atom stereocenters. The SMILES string of the molecule is CCC/C=C(/CN1CCN(C/C(C)=C/OC(CCC)c2cc(OC)c(OC)c(OC)c2)CC1)N=C(C)c1cc(OC)c(C)c(OC)c1. The van der Waals surface area contributed by atoms with Crippen LogP contribution in [-0.4, -0.2) is 90.3 Å². The molecule has 0 radical (unpaired) electrons. The summed E-state index contributed by atoms with van der Waals surface area (Å²) in [6.45, 7) is 16.2. The maximum Gasteiger partial charge on any atom is 0.203 e. The Morgan fingerprint density at radius 3 is 1.81 bits per heavy atom. The van der Waals surface area contributed by atoms with Gasteiger partial charge in [-0.3, -0.25) is 14.8 Å². The molecule has 1 aliphatic heterocycles. The van der Waals surface area contributed by atoms with Crippen molar-refractivity contribution in [2.75, 3.05) is 74.8 Å². The van der Waals surface area contributed by atoms with E-state index in [2.05, 4.69) is 43.6 Å². The van der Waals surface area contributed by atoms with Gasteiger partial charge in [0.1, 0.15) is 17.6 Å². The molecule has 2 aromatic rings. The molecule has 9 nitrogen and oxygen atoms in total. The first-order valence-corrected chi connectivity index (χ1v) is 16.7. The quantitative estimate of drug-likeness (QED) is 0.121. The third-order valence-corrected chi connectivity index (χ3v) is 8.52. The molecule has 0 bridgehead atoms. The van der Waals surface area contributed by atoms with Crippen LogP contribution in [0.4, 0.5) is 0 Å². The number of rotatable bonds is 18. The van der Waals surface area contributed by atoms with E-state index in [1.54, 1.807) is 35.5 Å². The smallest absolute Gasteiger partial charge is 0.203 e. The highest BCUT2D eigenvalue weighted by molar-refractivity contribution is 6.00. The number of benzene rings is 2. The van der Waals surface area contributed by atoms with Gasteiger partial charge in [0.2, 0.25) is 5.75 Å². The second-order valence-corrected chi connectivity index (χ2v) is 12.1. The Kier molecular flexibility index (Phi) is 15.4. The highest BCUT2D eigenvalue weighted by Gasteiger charge is 2.21. The Bertz CT molecular complexity index is 1330. The zero-order chi connectivity index (χ0) is 34.3. The Balaban J connectivity index is 1.63. The minimum atomic E-state index is -0.111. The minimum Gasteiger partial charge on any atom is -0.496 e. The van der Waals surface area contributed by atoms with Crippen LogP contribution in [0.5, 0.6) is 28.7 Å². The molecule has 260 valence electrons. The zero-order valence-corrected chi connectivity index (χ0v) is 30.4. The van der Waals surface area contributed by atoms with Crippen LogP contribution in [0.1, 0.15) is 76.2 Å². The molecule has 0 saturated carbocycles. The maximum absolute atomic E-state index is 6.38. The predicted octanol–water partition coefficient (Wildman–Crippen LogP) is 7.61. The zero-order valence-electron chi connectivity index (χ0n) is 30.4. The summed E-state index contributed by atoms with van der Waals surface area (Å²) < 4.78 is 34.2. The van der Waals surface area contributed by atoms with Crippen LogP contribution in [0, 0.1) is 6.92 Å². The molecule has 1 atom stereocenters. The number of hydrogen-bond acceptors (Lipinski definition) is 9. The minimum absolute atomic E-state index is 0.111. The average Bonchev–Trinajstić information content (AvgIpc) is 3.09. The van der Waals surface area contributed by atoms with E-state index >= 15 is 0 Å². The second kappa shape index (κ2) is 19.2. The Morgan fingerprint density at radius 1 is 0.766 bits per heavy atom. The number of aliphatic imine (C=N–C) groups is 1. The highest BCUT2D eigenvalue weighted by atomic mass is 16.5. The van der Waals surface area contributed by atoms with Gasteiger partial charge >= 0.3 is 0 Å². The van der Waals surface area contributed by atoms with Crippen LogP contribution in [0.25, 0.3) is 0 Å². The van der Waals surface area contributed by atoms with Gasteiger partial charge in [-0.25, -0.2) is 0 Å². The van der Waals surface area contributed by atoms with Gasteiger partial charge < -0.3 is 28.4 Å². The number of piperazine rings is 1. The molecule has 3 rings (SSSR count). The predicted molar refractivity (Wildman–Crippen MR) is 191 cm³/mol. The lowest BCUT2D eigenvalue weighted by Gasteiger charge is -2.35. The van der Waals surface area contributed by atoms with E-state index in [0.29, 0.717) is 17.2 Å². The van der Waals surface area contributed by atoms with Gasteiger partial charge in [0.15, 0.2) is 11.5 Å². The van der Waals surface area contributed by atoms with Crippen molar-refractivity contribution in [3.8, 4) is 28.7 Å². The van der Waals surface area contributed by atoms with Crippen molar-refractivity contribution >= 4 is 5.71 Å². The summed E-state index contributed by atoms with van der Waals surface area (Å²) in [5.41, 5.74) is 6.25. The summed E-state index contributed by atoms with van der Waals surface area (Å²) >= 11 is 0. The molecule has 0 spiro atoms. The van der Waals surface area contributed by atoms with Gasteiger partial charge in [0.25, 0.3) is 0 Å². The summed E-state index contributed by atoms with van der Waals surface area (Å²) in [7, 11) is 8.27. The van der Waals surface area contributed by atoms with Crippen LogP contribution in [-0.2, 0) is 4.74 Å². The van der Waals surface area contributed by atoms with Gasteiger partial charge in [-0.05, 0) is 69.0 Å². The number of nitrogens with zero attached hydrogens (tertiary/aromatic N) is 3. The number of allylic oxidation sites excluding steroid dienone is 1. The molecule has 0 amide bonds. The third kappa shape index (κ3) is 10.7. The Labute approximate surface area is 283 Å². The molecule has 47 heavy (non-hydrogen) atoms. The first-order chi connectivity index (χ1) is 22.7. The number of methoxy groups -OCH3 is 5. The van der Waals surface area contributed by atoms with E-state index in [1.807, 2.05) is 37.5 Å². The summed E-state index contributed by atoms with van der Waals surface area (Å²) in [5.74, 6) is 3.47. The number of unbranched alkanes of at least 4 members (excludes halogenated alkanes) is 1. The van der Waals surface area contributed by atoms with E-state index in [-0.39, 0.29) is 6.10 Å². The van der Waals surface area contributed by atoms with Crippen molar-refractivity contribution in [2.24, 2.45) is 4.99 Å². The van der Waals surface area contributed by atoms with E-state index < -0.39 is 0 Å². The van der Waals surface area contributed by atoms with Crippen molar-refractivity contribution in [1.82, 2.24) is 9.80 Å². The summed E-state index contributed by atoms with van der Waals surface area (Å²) in [4.78, 5) is 10.1. The van der Waals surface area contributed by atoms with E-state index in [1.165, 1.54) is 5.57 Å². The molecule has 0 N–H and O–H groups in total. The summed E-state index contributed by atoms with van der Waals surface area (Å²) in [5, 5.41) is 0. The van der Waals surface area contributed by atoms with Crippen LogP contribution in [0.2, 0.25) is 0 Å². The number of hydrogen-bond donors (Lipinski definition) is 0. The largest absolute Gasteiger partial charge is 0.496 e. The van der Waals surface area contributed by atoms with Crippen molar-refractivity contribution in [3.05, 3.63) is 64.6 Å². The van der Waals surface area contributed by atoms with Gasteiger partial charge in [-0.1, -0.05) is 32.8 Å². The first-order valence-electron chi connectivity index (χ1n) is 16.7. The van der Waals surface area contributed by atoms with Gasteiger partial charge in [-0.15, -0.1) is 0 Å². The van der Waals surface area contributed by atoms with Crippen molar-refractivity contribution < 1.29 is 28.4 Å². The molecule has 1 saturated heterocycles. The molecular weight excluding hydrogens is 594 g/mol. The topological polar surface area (TPSA) is 74.2 Å². The fourth-order valence-corrected chi connectivity index (χ4v) is 5.82. The van der Waals surface area contributed by atoms with Crippen LogP contribution < -0.4 is 23.7 Å². The highest BCUT2D eigenvalue weighted by Crippen LogP contribution is 2.41. The molecule has 1 heterocycles. The van der Waals surface area contributed by atoms with Crippen LogP contribution in [0.3, 0.4) is 0 Å². The lowest BCUT2D eigenvalue weighted by molar-refractivity contribution is 0.126. The van der Waals surface area contributed by atoms with E-state index in [4.69, 9.17) is 33.4 Å². The van der Waals surface area contributed by atoms with E-state index in [0.717, 1.165) is 105 Å². The van der Waals surface area contributed by atoms with Crippen molar-refractivity contribution in [1.29, 1.82) is 0 Å². The summed E-state index contributed by atoms with van der Waals surface area (Å²) in [6, 6.07) is 8.05. The third-order valence-electron chi connectivity index (χ3n) is 8.52. The molecule has 0 aromatic heterocycles. The lowest BCUT2D eigenvalue weighted by Crippen LogP contribution is -2.47. The molecule has 1 fully saturated rings. The molecule has 1 aliphatic rings. The Hall–Kier alpha value is -3.69. The van der Waals surface area contributed by atoms with E-state index in [9.17, 15) is 0 Å². The van der Waals surface area contributed by atoms with Gasteiger partial charge in [-0.2, -0.15) is 0 Å². The molecule has 0 aliphatic carbocycles. The molecular formula is C38H57N3O6. The molecule has 9 heteroatoms. The lowest BCUT2D eigenvalue weighted by atomic mass is 10.0. The fraction of sp³-hybridized carbons (Fsp3) is 0.553.